The number of hydrogen-bond donors (Lipinski definition) is 0. The zero-order valence-corrected chi connectivity index (χ0v) is 16.2. The Bertz CT molecular complexity index is 404. The van der Waals surface area contributed by atoms with Gasteiger partial charge in [0.15, 0.2) is 6.79 Å². The molecule has 0 aromatic carbocycles. The van der Waals surface area contributed by atoms with Crippen molar-refractivity contribution in [2.45, 2.75) is 62.7 Å². The van der Waals surface area contributed by atoms with E-state index in [0.29, 0.717) is 5.41 Å². The van der Waals surface area contributed by atoms with Gasteiger partial charge < -0.3 is 9.47 Å². The summed E-state index contributed by atoms with van der Waals surface area (Å²) in [6, 6.07) is 0. The van der Waals surface area contributed by atoms with E-state index in [0.717, 1.165) is 36.7 Å². The van der Waals surface area contributed by atoms with Crippen molar-refractivity contribution in [2.75, 3.05) is 13.4 Å². The van der Waals surface area contributed by atoms with Crippen LogP contribution in [0.15, 0.2) is 0 Å². The molecule has 0 radical (unpaired) electrons. The molecule has 4 aliphatic rings. The number of rotatable bonds is 6. The third kappa shape index (κ3) is 3.06. The third-order valence-electron chi connectivity index (χ3n) is 6.78. The van der Waals surface area contributed by atoms with Gasteiger partial charge in [-0.2, -0.15) is 0 Å². The lowest BCUT2D eigenvalue weighted by Crippen LogP contribution is -2.53. The van der Waals surface area contributed by atoms with E-state index in [2.05, 4.69) is 29.5 Å². The highest BCUT2D eigenvalue weighted by atomic mass is 127. The molecule has 4 heteroatoms. The van der Waals surface area contributed by atoms with Gasteiger partial charge in [0.2, 0.25) is 0 Å². The smallest absolute Gasteiger partial charge is 0.323 e. The topological polar surface area (TPSA) is 35.5 Å². The molecule has 0 aromatic heterocycles. The first-order valence-corrected chi connectivity index (χ1v) is 9.87. The summed E-state index contributed by atoms with van der Waals surface area (Å²) in [5, 5.41) is 0. The van der Waals surface area contributed by atoms with Crippen LogP contribution in [0, 0.1) is 29.1 Å². The minimum atomic E-state index is -0.437. The summed E-state index contributed by atoms with van der Waals surface area (Å²) in [4.78, 5) is 12.0. The number of esters is 1. The lowest BCUT2D eigenvalue weighted by atomic mass is 9.46. The van der Waals surface area contributed by atoms with Crippen LogP contribution in [0.1, 0.15) is 59.3 Å². The summed E-state index contributed by atoms with van der Waals surface area (Å²) < 4.78 is 10.7. The third-order valence-corrected chi connectivity index (χ3v) is 7.98. The molecule has 0 heterocycles. The molecule has 4 saturated carbocycles. The van der Waals surface area contributed by atoms with E-state index in [9.17, 15) is 4.79 Å². The Kier molecular flexibility index (Phi) is 4.81. The van der Waals surface area contributed by atoms with Crippen LogP contribution < -0.4 is 0 Å². The van der Waals surface area contributed by atoms with Gasteiger partial charge in [0, 0.05) is 0 Å². The molecule has 1 unspecified atom stereocenters. The lowest BCUT2D eigenvalue weighted by Gasteiger charge is -2.60. The fourth-order valence-electron chi connectivity index (χ4n) is 5.15. The molecule has 3 nitrogen and oxygen atoms in total. The first-order chi connectivity index (χ1) is 10.3. The second-order valence-electron chi connectivity index (χ2n) is 8.26. The maximum Gasteiger partial charge on any atom is 0.323 e. The van der Waals surface area contributed by atoms with Crippen molar-refractivity contribution < 1.29 is 14.3 Å². The molecule has 0 aromatic rings. The van der Waals surface area contributed by atoms with E-state index in [1.54, 1.807) is 0 Å². The van der Waals surface area contributed by atoms with Crippen molar-refractivity contribution in [2.24, 2.45) is 29.1 Å². The van der Waals surface area contributed by atoms with Gasteiger partial charge in [-0.25, -0.2) is 0 Å². The number of ether oxygens (including phenoxy) is 2. The van der Waals surface area contributed by atoms with Crippen molar-refractivity contribution in [1.29, 1.82) is 0 Å². The average molecular weight is 420 g/mol. The molecule has 4 fully saturated rings. The minimum Gasteiger partial charge on any atom is -0.437 e. The maximum absolute atomic E-state index is 12.0. The van der Waals surface area contributed by atoms with Crippen LogP contribution in [0.25, 0.3) is 0 Å². The highest BCUT2D eigenvalue weighted by Crippen LogP contribution is 2.62. The van der Waals surface area contributed by atoms with E-state index in [4.69, 9.17) is 9.47 Å². The molecule has 0 saturated heterocycles. The summed E-state index contributed by atoms with van der Waals surface area (Å²) in [7, 11) is 0. The molecule has 0 amide bonds. The fourth-order valence-corrected chi connectivity index (χ4v) is 5.30. The Morgan fingerprint density at radius 1 is 1.18 bits per heavy atom. The SMILES string of the molecule is CCC(C)(I)C(=O)OCOCC1(C)C2CC3CC(C2)CC1C3. The summed E-state index contributed by atoms with van der Waals surface area (Å²) in [5.74, 6) is 3.45. The standard InChI is InChI=1S/C18H29IO3/c1-4-18(3,19)16(20)22-11-21-10-17(2)14-6-12-5-13(8-14)9-15(17)7-12/h12-15H,4-11H2,1-3H3. The molecular formula is C18H29IO3. The maximum atomic E-state index is 12.0. The second kappa shape index (κ2) is 6.23. The summed E-state index contributed by atoms with van der Waals surface area (Å²) >= 11 is 2.16. The average Bonchev–Trinajstić information content (AvgIpc) is 2.48. The van der Waals surface area contributed by atoms with Gasteiger partial charge in [-0.1, -0.05) is 36.4 Å². The molecule has 1 atom stereocenters. The molecule has 4 bridgehead atoms. The highest BCUT2D eigenvalue weighted by molar-refractivity contribution is 14.1. The zero-order chi connectivity index (χ0) is 16.0. The van der Waals surface area contributed by atoms with Crippen LogP contribution in [0.4, 0.5) is 0 Å². The van der Waals surface area contributed by atoms with Crippen LogP contribution in [0.5, 0.6) is 0 Å². The number of carbonyl (C=O) groups is 1. The predicted molar refractivity (Wildman–Crippen MR) is 94.8 cm³/mol. The first kappa shape index (κ1) is 17.0. The largest absolute Gasteiger partial charge is 0.437 e. The van der Waals surface area contributed by atoms with Gasteiger partial charge in [0.25, 0.3) is 0 Å². The van der Waals surface area contributed by atoms with Gasteiger partial charge in [-0.05, 0) is 74.5 Å². The van der Waals surface area contributed by atoms with Crippen molar-refractivity contribution in [3.63, 3.8) is 0 Å². The van der Waals surface area contributed by atoms with Crippen molar-refractivity contribution >= 4 is 28.6 Å². The Labute approximate surface area is 148 Å². The first-order valence-electron chi connectivity index (χ1n) is 8.79. The lowest BCUT2D eigenvalue weighted by molar-refractivity contribution is -0.175. The number of alkyl halides is 1. The van der Waals surface area contributed by atoms with Crippen molar-refractivity contribution in [3.05, 3.63) is 0 Å². The molecule has 0 spiro atoms. The molecule has 4 rings (SSSR count). The fraction of sp³-hybridized carbons (Fsp3) is 0.944. The number of hydrogen-bond acceptors (Lipinski definition) is 3. The molecule has 4 aliphatic carbocycles. The van der Waals surface area contributed by atoms with Crippen LogP contribution in [-0.2, 0) is 14.3 Å². The van der Waals surface area contributed by atoms with E-state index in [1.165, 1.54) is 32.1 Å². The normalized spacial score (nSPS) is 42.2. The van der Waals surface area contributed by atoms with E-state index < -0.39 is 3.42 Å². The predicted octanol–water partition coefficient (Wildman–Crippen LogP) is 4.57. The van der Waals surface area contributed by atoms with Crippen molar-refractivity contribution in [1.82, 2.24) is 0 Å². The minimum absolute atomic E-state index is 0.110. The zero-order valence-electron chi connectivity index (χ0n) is 14.1. The Hall–Kier alpha value is 0.160. The van der Waals surface area contributed by atoms with E-state index in [1.807, 2.05) is 13.8 Å². The van der Waals surface area contributed by atoms with Crippen LogP contribution >= 0.6 is 22.6 Å². The molecule has 0 N–H and O–H groups in total. The van der Waals surface area contributed by atoms with Crippen LogP contribution in [0.2, 0.25) is 0 Å². The van der Waals surface area contributed by atoms with E-state index >= 15 is 0 Å². The Morgan fingerprint density at radius 3 is 2.23 bits per heavy atom. The Balaban J connectivity index is 1.49. The molecule has 126 valence electrons. The van der Waals surface area contributed by atoms with Crippen LogP contribution in [-0.4, -0.2) is 22.8 Å². The van der Waals surface area contributed by atoms with Crippen molar-refractivity contribution in [3.8, 4) is 0 Å². The molecule has 0 aliphatic heterocycles. The van der Waals surface area contributed by atoms with Gasteiger partial charge in [-0.3, -0.25) is 4.79 Å². The van der Waals surface area contributed by atoms with Gasteiger partial charge in [0.1, 0.15) is 3.42 Å². The summed E-state index contributed by atoms with van der Waals surface area (Å²) in [6.45, 7) is 7.19. The summed E-state index contributed by atoms with van der Waals surface area (Å²) in [5.41, 5.74) is 0.304. The number of carbonyl (C=O) groups excluding carboxylic acids is 1. The quantitative estimate of drug-likeness (QED) is 0.208. The monoisotopic (exact) mass is 420 g/mol. The Morgan fingerprint density at radius 2 is 1.73 bits per heavy atom. The van der Waals surface area contributed by atoms with Gasteiger partial charge in [-0.15, -0.1) is 0 Å². The summed E-state index contributed by atoms with van der Waals surface area (Å²) in [6.07, 6.45) is 7.84. The number of halogens is 1. The molecular weight excluding hydrogens is 391 g/mol. The molecule has 22 heavy (non-hydrogen) atoms. The highest BCUT2D eigenvalue weighted by Gasteiger charge is 2.54. The second-order valence-corrected chi connectivity index (χ2v) is 10.6. The van der Waals surface area contributed by atoms with E-state index in [-0.39, 0.29) is 12.8 Å². The van der Waals surface area contributed by atoms with Gasteiger partial charge in [0.05, 0.1) is 6.61 Å². The van der Waals surface area contributed by atoms with Gasteiger partial charge >= 0.3 is 5.97 Å². The van der Waals surface area contributed by atoms with Crippen LogP contribution in [0.3, 0.4) is 0 Å².